The number of nitrogens with two attached hydrogens (primary N) is 1. The van der Waals surface area contributed by atoms with Crippen LogP contribution in [0.5, 0.6) is 0 Å². The smallest absolute Gasteiger partial charge is 0.277 e. The van der Waals surface area contributed by atoms with Crippen molar-refractivity contribution in [1.82, 2.24) is 10.2 Å². The first-order valence-corrected chi connectivity index (χ1v) is 4.50. The minimum absolute atomic E-state index is 0.124. The Hall–Kier alpha value is -0.520. The predicted molar refractivity (Wildman–Crippen MR) is 49.6 cm³/mol. The molecule has 0 aliphatic carbocycles. The zero-order chi connectivity index (χ0) is 10.8. The molecule has 0 aliphatic heterocycles. The molecule has 0 saturated heterocycles. The Morgan fingerprint density at radius 3 is 2.57 bits per heavy atom. The van der Waals surface area contributed by atoms with Crippen molar-refractivity contribution >= 4 is 23.2 Å². The summed E-state index contributed by atoms with van der Waals surface area (Å²) in [5.41, 5.74) is 4.61. The van der Waals surface area contributed by atoms with E-state index < -0.39 is 17.9 Å². The lowest BCUT2D eigenvalue weighted by atomic mass is 10.1. The minimum atomic E-state index is -3.12. The molecule has 0 aromatic carbocycles. The van der Waals surface area contributed by atoms with Gasteiger partial charge in [-0.15, -0.1) is 10.2 Å². The summed E-state index contributed by atoms with van der Waals surface area (Å²) in [4.78, 5) is 0. The Kier molecular flexibility index (Phi) is 3.58. The third kappa shape index (κ3) is 2.50. The van der Waals surface area contributed by atoms with Gasteiger partial charge in [-0.2, -0.15) is 0 Å². The Morgan fingerprint density at radius 1 is 1.36 bits per heavy atom. The average molecular weight is 242 g/mol. The summed E-state index contributed by atoms with van der Waals surface area (Å²) in [6, 6.07) is 0.993. The molecule has 0 saturated carbocycles. The predicted octanol–water partition coefficient (Wildman–Crippen LogP) is 2.22. The lowest BCUT2D eigenvalue weighted by molar-refractivity contribution is -0.0110. The molecule has 0 atom stereocenters. The summed E-state index contributed by atoms with van der Waals surface area (Å²) in [5.74, 6) is -3.12. The van der Waals surface area contributed by atoms with Crippen molar-refractivity contribution in [3.63, 3.8) is 0 Å². The van der Waals surface area contributed by atoms with Crippen LogP contribution in [0, 0.1) is 0 Å². The summed E-state index contributed by atoms with van der Waals surface area (Å²) in [5, 5.41) is 6.14. The molecule has 0 spiro atoms. The van der Waals surface area contributed by atoms with E-state index in [9.17, 15) is 8.78 Å². The first-order chi connectivity index (χ1) is 6.47. The van der Waals surface area contributed by atoms with Crippen molar-refractivity contribution in [2.75, 3.05) is 6.54 Å². The van der Waals surface area contributed by atoms with Gasteiger partial charge in [0.1, 0.15) is 0 Å². The summed E-state index contributed by atoms with van der Waals surface area (Å²) < 4.78 is 26.6. The third-order valence-corrected chi connectivity index (χ3v) is 2.04. The van der Waals surface area contributed by atoms with Gasteiger partial charge in [0.05, 0.1) is 5.56 Å². The highest BCUT2D eigenvalue weighted by atomic mass is 35.5. The number of nitrogens with zero attached hydrogens (tertiary/aromatic N) is 2. The van der Waals surface area contributed by atoms with E-state index in [1.54, 1.807) is 0 Å². The van der Waals surface area contributed by atoms with Crippen molar-refractivity contribution in [3.05, 3.63) is 21.9 Å². The molecule has 7 heteroatoms. The zero-order valence-corrected chi connectivity index (χ0v) is 8.49. The number of hydrogen-bond donors (Lipinski definition) is 1. The van der Waals surface area contributed by atoms with Crippen molar-refractivity contribution in [3.8, 4) is 0 Å². The van der Waals surface area contributed by atoms with E-state index in [4.69, 9.17) is 28.9 Å². The van der Waals surface area contributed by atoms with Gasteiger partial charge in [-0.25, -0.2) is 8.78 Å². The van der Waals surface area contributed by atoms with Crippen molar-refractivity contribution < 1.29 is 8.78 Å². The van der Waals surface area contributed by atoms with Gasteiger partial charge >= 0.3 is 0 Å². The van der Waals surface area contributed by atoms with Crippen molar-refractivity contribution in [1.29, 1.82) is 0 Å². The molecule has 1 heterocycles. The summed E-state index contributed by atoms with van der Waals surface area (Å²) in [7, 11) is 0. The van der Waals surface area contributed by atoms with E-state index in [1.165, 1.54) is 0 Å². The summed E-state index contributed by atoms with van der Waals surface area (Å²) >= 11 is 10.9. The Bertz CT molecular complexity index is 333. The topological polar surface area (TPSA) is 51.8 Å². The number of rotatable bonds is 3. The molecule has 14 heavy (non-hydrogen) atoms. The van der Waals surface area contributed by atoms with Crippen LogP contribution in [0.1, 0.15) is 12.0 Å². The maximum absolute atomic E-state index is 13.3. The largest absolute Gasteiger partial charge is 0.330 e. The van der Waals surface area contributed by atoms with Crippen LogP contribution in [-0.4, -0.2) is 16.7 Å². The zero-order valence-electron chi connectivity index (χ0n) is 6.98. The lowest BCUT2D eigenvalue weighted by Crippen LogP contribution is -2.19. The van der Waals surface area contributed by atoms with Gasteiger partial charge in [0.25, 0.3) is 5.92 Å². The number of hydrogen-bond acceptors (Lipinski definition) is 3. The summed E-state index contributed by atoms with van der Waals surface area (Å²) in [6.07, 6.45) is -0.505. The van der Waals surface area contributed by atoms with Crippen LogP contribution in [0.2, 0.25) is 10.3 Å². The maximum atomic E-state index is 13.3. The minimum Gasteiger partial charge on any atom is -0.330 e. The van der Waals surface area contributed by atoms with Crippen LogP contribution >= 0.6 is 23.2 Å². The average Bonchev–Trinajstić information content (AvgIpc) is 2.09. The van der Waals surface area contributed by atoms with Gasteiger partial charge in [-0.3, -0.25) is 0 Å². The molecular weight excluding hydrogens is 235 g/mol. The molecule has 3 nitrogen and oxygen atoms in total. The van der Waals surface area contributed by atoms with E-state index in [2.05, 4.69) is 10.2 Å². The standard InChI is InChI=1S/C7H7Cl2F2N3/c8-5-3-4(6(9)14-13-5)7(10,11)1-2-12/h3H,1-2,12H2. The first-order valence-electron chi connectivity index (χ1n) is 3.74. The molecule has 0 radical (unpaired) electrons. The Labute approximate surface area is 89.2 Å². The fraction of sp³-hybridized carbons (Fsp3) is 0.429. The second-order valence-corrected chi connectivity index (χ2v) is 3.36. The number of halogens is 4. The molecule has 78 valence electrons. The molecular formula is C7H7Cl2F2N3. The fourth-order valence-electron chi connectivity index (χ4n) is 0.925. The van der Waals surface area contributed by atoms with Gasteiger partial charge in [0, 0.05) is 6.42 Å². The summed E-state index contributed by atoms with van der Waals surface area (Å²) in [6.45, 7) is -0.150. The van der Waals surface area contributed by atoms with E-state index in [-0.39, 0.29) is 16.9 Å². The van der Waals surface area contributed by atoms with Crippen LogP contribution in [0.25, 0.3) is 0 Å². The van der Waals surface area contributed by atoms with E-state index >= 15 is 0 Å². The molecule has 1 rings (SSSR count). The van der Waals surface area contributed by atoms with Crippen LogP contribution < -0.4 is 5.73 Å². The molecule has 0 bridgehead atoms. The molecule has 1 aromatic heterocycles. The maximum Gasteiger partial charge on any atom is 0.277 e. The van der Waals surface area contributed by atoms with Crippen molar-refractivity contribution in [2.24, 2.45) is 5.73 Å². The second-order valence-electron chi connectivity index (χ2n) is 2.61. The highest BCUT2D eigenvalue weighted by Crippen LogP contribution is 2.35. The normalized spacial score (nSPS) is 11.8. The SMILES string of the molecule is NCCC(F)(F)c1cc(Cl)nnc1Cl. The quantitative estimate of drug-likeness (QED) is 0.884. The van der Waals surface area contributed by atoms with Crippen LogP contribution in [0.4, 0.5) is 8.78 Å². The Morgan fingerprint density at radius 2 is 2.00 bits per heavy atom. The Balaban J connectivity index is 3.10. The van der Waals surface area contributed by atoms with E-state index in [1.807, 2.05) is 0 Å². The van der Waals surface area contributed by atoms with Crippen LogP contribution in [0.3, 0.4) is 0 Å². The monoisotopic (exact) mass is 241 g/mol. The molecule has 2 N–H and O–H groups in total. The number of alkyl halides is 2. The second kappa shape index (κ2) is 4.33. The van der Waals surface area contributed by atoms with Gasteiger partial charge in [-0.05, 0) is 12.6 Å². The highest BCUT2D eigenvalue weighted by Gasteiger charge is 2.34. The molecule has 0 aliphatic rings. The van der Waals surface area contributed by atoms with Gasteiger partial charge in [-0.1, -0.05) is 23.2 Å². The van der Waals surface area contributed by atoms with Crippen LogP contribution in [-0.2, 0) is 5.92 Å². The highest BCUT2D eigenvalue weighted by molar-refractivity contribution is 6.31. The number of aromatic nitrogens is 2. The van der Waals surface area contributed by atoms with Crippen LogP contribution in [0.15, 0.2) is 6.07 Å². The van der Waals surface area contributed by atoms with E-state index in [0.29, 0.717) is 0 Å². The van der Waals surface area contributed by atoms with Crippen molar-refractivity contribution in [2.45, 2.75) is 12.3 Å². The molecule has 0 fully saturated rings. The third-order valence-electron chi connectivity index (χ3n) is 1.57. The van der Waals surface area contributed by atoms with Gasteiger partial charge in [0.15, 0.2) is 10.3 Å². The molecule has 0 unspecified atom stereocenters. The van der Waals surface area contributed by atoms with Gasteiger partial charge < -0.3 is 5.73 Å². The van der Waals surface area contributed by atoms with Gasteiger partial charge in [0.2, 0.25) is 0 Å². The first kappa shape index (κ1) is 11.6. The fourth-order valence-corrected chi connectivity index (χ4v) is 1.30. The molecule has 1 aromatic rings. The lowest BCUT2D eigenvalue weighted by Gasteiger charge is -2.15. The molecule has 0 amide bonds. The van der Waals surface area contributed by atoms with E-state index in [0.717, 1.165) is 6.07 Å².